The monoisotopic (exact) mass is 765 g/mol. The number of rotatable bonds is 11. The molecule has 2 fully saturated rings. The smallest absolute Gasteiger partial charge is 0.0464 e. The molecule has 0 N–H and O–H groups in total. The van der Waals surface area contributed by atoms with Crippen LogP contribution < -0.4 is 9.80 Å². The second-order valence-corrected chi connectivity index (χ2v) is 18.5. The van der Waals surface area contributed by atoms with Crippen LogP contribution in [-0.2, 0) is 0 Å². The molecule has 0 heterocycles. The van der Waals surface area contributed by atoms with Crippen molar-refractivity contribution in [1.82, 2.24) is 0 Å². The summed E-state index contributed by atoms with van der Waals surface area (Å²) >= 11 is 0. The summed E-state index contributed by atoms with van der Waals surface area (Å²) < 4.78 is 0. The van der Waals surface area contributed by atoms with E-state index in [-0.39, 0.29) is 0 Å². The SMILES string of the molecule is CC1CCC(C(C)C)C(c2cccc(N(c3ccccc3)c3ccc(-c4ccc(N(c5ccccc5)c5cccc(C6CC(C)CCC6C(C)C)c5)cc4)cc3)c2)C1. The summed E-state index contributed by atoms with van der Waals surface area (Å²) in [5.74, 6) is 5.59. The number of hydrogen-bond donors (Lipinski definition) is 0. The summed E-state index contributed by atoms with van der Waals surface area (Å²) in [5, 5.41) is 0. The lowest BCUT2D eigenvalue weighted by atomic mass is 9.67. The molecule has 0 amide bonds. The fraction of sp³-hybridized carbons (Fsp3) is 0.357. The Morgan fingerprint density at radius 3 is 1.09 bits per heavy atom. The minimum Gasteiger partial charge on any atom is -0.310 e. The molecule has 2 nitrogen and oxygen atoms in total. The fourth-order valence-electron chi connectivity index (χ4n) is 10.6. The zero-order valence-electron chi connectivity index (χ0n) is 35.8. The van der Waals surface area contributed by atoms with Gasteiger partial charge in [0.25, 0.3) is 0 Å². The van der Waals surface area contributed by atoms with Crippen LogP contribution in [0.5, 0.6) is 0 Å². The van der Waals surface area contributed by atoms with E-state index in [4.69, 9.17) is 0 Å². The minimum absolute atomic E-state index is 0.603. The first-order valence-corrected chi connectivity index (χ1v) is 22.3. The van der Waals surface area contributed by atoms with Crippen molar-refractivity contribution in [3.63, 3.8) is 0 Å². The second-order valence-electron chi connectivity index (χ2n) is 18.5. The Morgan fingerprint density at radius 2 is 0.724 bits per heavy atom. The molecule has 0 radical (unpaired) electrons. The molecule has 0 bridgehead atoms. The Kier molecular flexibility index (Phi) is 12.2. The van der Waals surface area contributed by atoms with Crippen LogP contribution in [-0.4, -0.2) is 0 Å². The Hall–Kier alpha value is -5.08. The van der Waals surface area contributed by atoms with Crippen LogP contribution in [0.2, 0.25) is 0 Å². The van der Waals surface area contributed by atoms with Crippen molar-refractivity contribution < 1.29 is 0 Å². The van der Waals surface area contributed by atoms with E-state index in [1.54, 1.807) is 0 Å². The van der Waals surface area contributed by atoms with Gasteiger partial charge in [-0.1, -0.05) is 139 Å². The molecule has 8 rings (SSSR count). The van der Waals surface area contributed by atoms with Crippen LogP contribution in [0.15, 0.2) is 158 Å². The van der Waals surface area contributed by atoms with Gasteiger partial charge in [-0.3, -0.25) is 0 Å². The first-order chi connectivity index (χ1) is 28.2. The Labute approximate surface area is 350 Å². The van der Waals surface area contributed by atoms with E-state index in [1.807, 2.05) is 0 Å². The van der Waals surface area contributed by atoms with Crippen LogP contribution >= 0.6 is 0 Å². The molecule has 0 spiro atoms. The number of para-hydroxylation sites is 2. The van der Waals surface area contributed by atoms with Crippen molar-refractivity contribution in [3.05, 3.63) is 169 Å². The third-order valence-corrected chi connectivity index (χ3v) is 13.8. The lowest BCUT2D eigenvalue weighted by Crippen LogP contribution is -2.26. The molecule has 6 atom stereocenters. The molecule has 2 saturated carbocycles. The van der Waals surface area contributed by atoms with Gasteiger partial charge in [0.05, 0.1) is 0 Å². The predicted molar refractivity (Wildman–Crippen MR) is 249 cm³/mol. The van der Waals surface area contributed by atoms with Gasteiger partial charge in [-0.15, -0.1) is 0 Å². The van der Waals surface area contributed by atoms with Crippen LogP contribution in [0.3, 0.4) is 0 Å². The number of hydrogen-bond acceptors (Lipinski definition) is 2. The molecule has 0 aromatic heterocycles. The molecule has 2 aliphatic carbocycles. The highest BCUT2D eigenvalue weighted by molar-refractivity contribution is 5.81. The van der Waals surface area contributed by atoms with E-state index in [1.165, 1.54) is 94.9 Å². The van der Waals surface area contributed by atoms with Crippen molar-refractivity contribution >= 4 is 34.1 Å². The Morgan fingerprint density at radius 1 is 0.379 bits per heavy atom. The van der Waals surface area contributed by atoms with Crippen molar-refractivity contribution in [3.8, 4) is 11.1 Å². The first kappa shape index (κ1) is 39.7. The van der Waals surface area contributed by atoms with Crippen LogP contribution in [0.4, 0.5) is 34.1 Å². The summed E-state index contributed by atoms with van der Waals surface area (Å²) in [5.41, 5.74) is 12.6. The van der Waals surface area contributed by atoms with Crippen molar-refractivity contribution in [2.45, 2.75) is 91.9 Å². The summed E-state index contributed by atoms with van der Waals surface area (Å²) in [6.07, 6.45) is 7.91. The van der Waals surface area contributed by atoms with E-state index in [0.29, 0.717) is 23.7 Å². The van der Waals surface area contributed by atoms with Crippen molar-refractivity contribution in [1.29, 1.82) is 0 Å². The van der Waals surface area contributed by atoms with Crippen LogP contribution in [0.1, 0.15) is 103 Å². The molecule has 6 unspecified atom stereocenters. The molecule has 6 aromatic carbocycles. The highest BCUT2D eigenvalue weighted by Crippen LogP contribution is 2.47. The average Bonchev–Trinajstić information content (AvgIpc) is 3.25. The van der Waals surface area contributed by atoms with Crippen LogP contribution in [0.25, 0.3) is 11.1 Å². The molecule has 298 valence electrons. The van der Waals surface area contributed by atoms with Crippen molar-refractivity contribution in [2.24, 2.45) is 35.5 Å². The van der Waals surface area contributed by atoms with Gasteiger partial charge in [-0.2, -0.15) is 0 Å². The maximum Gasteiger partial charge on any atom is 0.0464 e. The maximum absolute atomic E-state index is 2.48. The Balaban J connectivity index is 1.09. The van der Waals surface area contributed by atoms with E-state index in [9.17, 15) is 0 Å². The standard InChI is InChI=1S/C56H64N2/c1-39(2)53-33-23-41(5)35-55(53)45-15-13-21-51(37-45)57(47-17-9-7-10-18-47)49-29-25-43(26-30-49)44-27-31-50(32-28-44)58(48-19-11-8-12-20-48)52-22-14-16-46(38-52)56-36-42(6)24-34-54(56)40(3)4/h7-22,25-32,37-42,53-56H,23-24,33-36H2,1-6H3. The highest BCUT2D eigenvalue weighted by atomic mass is 15.1. The van der Waals surface area contributed by atoms with Gasteiger partial charge in [0.1, 0.15) is 0 Å². The summed E-state index contributed by atoms with van der Waals surface area (Å²) in [6, 6.07) is 58.9. The highest BCUT2D eigenvalue weighted by Gasteiger charge is 2.33. The van der Waals surface area contributed by atoms with Crippen molar-refractivity contribution in [2.75, 3.05) is 9.80 Å². The third kappa shape index (κ3) is 8.68. The maximum atomic E-state index is 2.48. The van der Waals surface area contributed by atoms with Gasteiger partial charge in [-0.25, -0.2) is 0 Å². The largest absolute Gasteiger partial charge is 0.310 e. The normalized spacial score (nSPS) is 22.2. The van der Waals surface area contributed by atoms with Gasteiger partial charge < -0.3 is 9.80 Å². The fourth-order valence-corrected chi connectivity index (χ4v) is 10.6. The summed E-state index contributed by atoms with van der Waals surface area (Å²) in [7, 11) is 0. The minimum atomic E-state index is 0.603. The molecular formula is C56H64N2. The lowest BCUT2D eigenvalue weighted by molar-refractivity contribution is 0.197. The van der Waals surface area contributed by atoms with Gasteiger partial charge in [0.2, 0.25) is 0 Å². The van der Waals surface area contributed by atoms with E-state index < -0.39 is 0 Å². The van der Waals surface area contributed by atoms with E-state index >= 15 is 0 Å². The molecular weight excluding hydrogens is 701 g/mol. The quantitative estimate of drug-likeness (QED) is 0.130. The Bertz CT molecular complexity index is 2040. The first-order valence-electron chi connectivity index (χ1n) is 22.3. The van der Waals surface area contributed by atoms with Gasteiger partial charge >= 0.3 is 0 Å². The van der Waals surface area contributed by atoms with E-state index in [2.05, 4.69) is 209 Å². The third-order valence-electron chi connectivity index (χ3n) is 13.8. The topological polar surface area (TPSA) is 6.48 Å². The zero-order valence-corrected chi connectivity index (χ0v) is 35.8. The second kappa shape index (κ2) is 17.8. The molecule has 2 aliphatic rings. The average molecular weight is 765 g/mol. The van der Waals surface area contributed by atoms with Gasteiger partial charge in [0.15, 0.2) is 0 Å². The lowest BCUT2D eigenvalue weighted by Gasteiger charge is -2.38. The number of nitrogens with zero attached hydrogens (tertiary/aromatic N) is 2. The molecule has 0 aliphatic heterocycles. The number of benzene rings is 6. The predicted octanol–water partition coefficient (Wildman–Crippen LogP) is 16.6. The summed E-state index contributed by atoms with van der Waals surface area (Å²) in [4.78, 5) is 4.85. The van der Waals surface area contributed by atoms with E-state index in [0.717, 1.165) is 23.7 Å². The summed E-state index contributed by atoms with van der Waals surface area (Å²) in [6.45, 7) is 14.6. The molecule has 6 aromatic rings. The van der Waals surface area contributed by atoms with Gasteiger partial charge in [0, 0.05) is 34.1 Å². The van der Waals surface area contributed by atoms with Gasteiger partial charge in [-0.05, 0) is 168 Å². The number of anilines is 6. The molecule has 58 heavy (non-hydrogen) atoms. The molecule has 0 saturated heterocycles. The van der Waals surface area contributed by atoms with Crippen LogP contribution in [0, 0.1) is 35.5 Å². The molecule has 2 heteroatoms. The zero-order chi connectivity index (χ0) is 40.2.